The molecule has 0 amide bonds. The van der Waals surface area contributed by atoms with Gasteiger partial charge in [0.1, 0.15) is 0 Å². The monoisotopic (exact) mass is 383 g/mol. The molecule has 0 saturated carbocycles. The molecule has 0 fully saturated rings. The minimum atomic E-state index is -4.48. The van der Waals surface area contributed by atoms with Crippen LogP contribution in [0.15, 0.2) is 16.7 Å². The number of hydrogen-bond acceptors (Lipinski definition) is 2. The molecule has 1 rings (SSSR count). The van der Waals surface area contributed by atoms with Crippen LogP contribution >= 0.6 is 15.9 Å². The van der Waals surface area contributed by atoms with E-state index >= 15 is 0 Å². The molecule has 0 bridgehead atoms. The van der Waals surface area contributed by atoms with Gasteiger partial charge in [-0.15, -0.1) is 0 Å². The van der Waals surface area contributed by atoms with Crippen LogP contribution in [0.25, 0.3) is 0 Å². The van der Waals surface area contributed by atoms with Gasteiger partial charge in [0, 0.05) is 10.7 Å². The Morgan fingerprint density at radius 1 is 1.24 bits per heavy atom. The van der Waals surface area contributed by atoms with E-state index in [1.54, 1.807) is 20.0 Å². The molecule has 0 N–H and O–H groups in total. The summed E-state index contributed by atoms with van der Waals surface area (Å²) in [5.41, 5.74) is 0.612. The van der Waals surface area contributed by atoms with Crippen molar-refractivity contribution in [1.29, 1.82) is 0 Å². The summed E-state index contributed by atoms with van der Waals surface area (Å²) in [5, 5.41) is -0.305. The minimum Gasteiger partial charge on any atom is -0.401 e. The van der Waals surface area contributed by atoms with Gasteiger partial charge in [0.2, 0.25) is 0 Å². The zero-order valence-corrected chi connectivity index (χ0v) is 15.7. The molecule has 1 aromatic rings. The highest BCUT2D eigenvalue weighted by Crippen LogP contribution is 2.44. The van der Waals surface area contributed by atoms with Gasteiger partial charge in [0.05, 0.1) is 5.69 Å². The lowest BCUT2D eigenvalue weighted by atomic mass is 10.2. The Labute approximate surface area is 133 Å². The molecule has 0 saturated heterocycles. The number of hydrogen-bond donors (Lipinski definition) is 0. The predicted octanol–water partition coefficient (Wildman–Crippen LogP) is 5.78. The number of pyridine rings is 1. The molecule has 1 atom stereocenters. The summed E-state index contributed by atoms with van der Waals surface area (Å²) in [4.78, 5) is 3.90. The average molecular weight is 384 g/mol. The van der Waals surface area contributed by atoms with E-state index in [-0.39, 0.29) is 10.7 Å². The van der Waals surface area contributed by atoms with Crippen molar-refractivity contribution in [3.8, 4) is 0 Å². The first kappa shape index (κ1) is 18.6. The van der Waals surface area contributed by atoms with Crippen LogP contribution in [-0.4, -0.2) is 19.5 Å². The maximum Gasteiger partial charge on any atom is 0.419 e. The fourth-order valence-corrected chi connectivity index (χ4v) is 2.88. The van der Waals surface area contributed by atoms with Gasteiger partial charge in [-0.05, 0) is 52.6 Å². The molecule has 120 valence electrons. The van der Waals surface area contributed by atoms with Crippen LogP contribution in [0.5, 0.6) is 0 Å². The van der Waals surface area contributed by atoms with Crippen molar-refractivity contribution in [2.75, 3.05) is 0 Å². The van der Waals surface area contributed by atoms with Gasteiger partial charge in [-0.2, -0.15) is 13.2 Å². The molecule has 21 heavy (non-hydrogen) atoms. The largest absolute Gasteiger partial charge is 0.419 e. The van der Waals surface area contributed by atoms with E-state index in [1.165, 1.54) is 12.3 Å². The summed E-state index contributed by atoms with van der Waals surface area (Å²) < 4.78 is 46.5. The third kappa shape index (κ3) is 4.53. The molecular formula is C14H21BrF3NOSi. The molecule has 1 aromatic heterocycles. The Hall–Kier alpha value is -0.403. The quantitative estimate of drug-likeness (QED) is 0.617. The molecule has 2 nitrogen and oxygen atoms in total. The second-order valence-corrected chi connectivity index (χ2v) is 12.3. The average Bonchev–Trinajstić information content (AvgIpc) is 2.27. The minimum absolute atomic E-state index is 0.0898. The highest BCUT2D eigenvalue weighted by Gasteiger charge is 2.49. The van der Waals surface area contributed by atoms with Crippen molar-refractivity contribution in [2.45, 2.75) is 58.1 Å². The molecular weight excluding hydrogens is 363 g/mol. The molecule has 0 radical (unpaired) electrons. The van der Waals surface area contributed by atoms with Crippen molar-refractivity contribution in [2.24, 2.45) is 0 Å². The highest BCUT2D eigenvalue weighted by atomic mass is 79.9. The summed E-state index contributed by atoms with van der Waals surface area (Å²) in [6, 6.07) is 1.43. The van der Waals surface area contributed by atoms with Crippen LogP contribution in [0.2, 0.25) is 18.1 Å². The zero-order valence-electron chi connectivity index (χ0n) is 13.1. The Morgan fingerprint density at radius 2 is 1.76 bits per heavy atom. The fraction of sp³-hybridized carbons (Fsp3) is 0.643. The van der Waals surface area contributed by atoms with Gasteiger partial charge < -0.3 is 4.43 Å². The Balaban J connectivity index is 3.22. The number of aromatic nitrogens is 1. The molecule has 0 aliphatic carbocycles. The Bertz CT molecular complexity index is 512. The standard InChI is InChI=1S/C14H21BrF3NOSi/c1-9-7-11(19-8-10(9)15)12(14(16,17)18)20-21(5,6)13(2,3)4/h7-8,12H,1-6H3. The van der Waals surface area contributed by atoms with Crippen molar-refractivity contribution >= 4 is 24.2 Å². The summed E-state index contributed by atoms with van der Waals surface area (Å²) >= 11 is 3.25. The van der Waals surface area contributed by atoms with E-state index in [4.69, 9.17) is 4.43 Å². The normalized spacial score (nSPS) is 15.1. The number of rotatable bonds is 3. The lowest BCUT2D eigenvalue weighted by Crippen LogP contribution is -2.44. The molecule has 0 aliphatic heterocycles. The van der Waals surface area contributed by atoms with E-state index in [9.17, 15) is 13.2 Å². The van der Waals surface area contributed by atoms with Crippen LogP contribution in [-0.2, 0) is 4.43 Å². The summed E-state index contributed by atoms with van der Waals surface area (Å²) in [6.07, 6.45) is -5.08. The first-order valence-corrected chi connectivity index (χ1v) is 10.3. The molecule has 1 heterocycles. The molecule has 0 aliphatic rings. The van der Waals surface area contributed by atoms with Crippen LogP contribution in [0, 0.1) is 6.92 Å². The van der Waals surface area contributed by atoms with Gasteiger partial charge in [-0.25, -0.2) is 0 Å². The number of halogens is 4. The van der Waals surface area contributed by atoms with E-state index < -0.39 is 20.6 Å². The van der Waals surface area contributed by atoms with E-state index in [0.717, 1.165) is 0 Å². The maximum atomic E-state index is 13.4. The lowest BCUT2D eigenvalue weighted by Gasteiger charge is -2.39. The Kier molecular flexibility index (Phi) is 5.33. The number of alkyl halides is 3. The van der Waals surface area contributed by atoms with Gasteiger partial charge in [0.15, 0.2) is 14.4 Å². The van der Waals surface area contributed by atoms with Crippen LogP contribution in [0.4, 0.5) is 13.2 Å². The molecule has 1 unspecified atom stereocenters. The number of aryl methyl sites for hydroxylation is 1. The van der Waals surface area contributed by atoms with E-state index in [2.05, 4.69) is 20.9 Å². The lowest BCUT2D eigenvalue weighted by molar-refractivity contribution is -0.202. The first-order chi connectivity index (χ1) is 9.25. The van der Waals surface area contributed by atoms with Crippen LogP contribution in [0.3, 0.4) is 0 Å². The molecule has 7 heteroatoms. The smallest absolute Gasteiger partial charge is 0.401 e. The zero-order chi connectivity index (χ0) is 16.6. The SMILES string of the molecule is Cc1cc(C(O[Si](C)(C)C(C)(C)C)C(F)(F)F)ncc1Br. The second kappa shape index (κ2) is 6.00. The number of nitrogens with zero attached hydrogens (tertiary/aromatic N) is 1. The van der Waals surface area contributed by atoms with Crippen molar-refractivity contribution < 1.29 is 17.6 Å². The predicted molar refractivity (Wildman–Crippen MR) is 83.8 cm³/mol. The molecule has 0 aromatic carbocycles. The van der Waals surface area contributed by atoms with Gasteiger partial charge in [-0.1, -0.05) is 20.8 Å². The van der Waals surface area contributed by atoms with Gasteiger partial charge in [-0.3, -0.25) is 4.98 Å². The summed E-state index contributed by atoms with van der Waals surface area (Å²) in [5.74, 6) is 0. The third-order valence-electron chi connectivity index (χ3n) is 3.85. The van der Waals surface area contributed by atoms with Crippen molar-refractivity contribution in [3.05, 3.63) is 28.0 Å². The molecule has 0 spiro atoms. The second-order valence-electron chi connectivity index (χ2n) is 6.66. The van der Waals surface area contributed by atoms with Crippen molar-refractivity contribution in [1.82, 2.24) is 4.98 Å². The van der Waals surface area contributed by atoms with Gasteiger partial charge >= 0.3 is 6.18 Å². The van der Waals surface area contributed by atoms with Gasteiger partial charge in [0.25, 0.3) is 0 Å². The first-order valence-electron chi connectivity index (χ1n) is 6.62. The van der Waals surface area contributed by atoms with E-state index in [0.29, 0.717) is 10.0 Å². The fourth-order valence-electron chi connectivity index (χ4n) is 1.47. The summed E-state index contributed by atoms with van der Waals surface area (Å²) in [7, 11) is -2.56. The maximum absolute atomic E-state index is 13.4. The third-order valence-corrected chi connectivity index (χ3v) is 9.12. The van der Waals surface area contributed by atoms with E-state index in [1.807, 2.05) is 20.8 Å². The summed E-state index contributed by atoms with van der Waals surface area (Å²) in [6.45, 7) is 11.1. The van der Waals surface area contributed by atoms with Crippen LogP contribution < -0.4 is 0 Å². The van der Waals surface area contributed by atoms with Crippen LogP contribution in [0.1, 0.15) is 38.1 Å². The topological polar surface area (TPSA) is 22.1 Å². The van der Waals surface area contributed by atoms with Crippen molar-refractivity contribution in [3.63, 3.8) is 0 Å². The Morgan fingerprint density at radius 3 is 2.14 bits per heavy atom. The highest BCUT2D eigenvalue weighted by molar-refractivity contribution is 9.10.